The fourth-order valence-electron chi connectivity index (χ4n) is 2.79. The second-order valence-corrected chi connectivity index (χ2v) is 6.80. The van der Waals surface area contributed by atoms with E-state index in [1.54, 1.807) is 11.3 Å². The van der Waals surface area contributed by atoms with Gasteiger partial charge in [0.2, 0.25) is 0 Å². The van der Waals surface area contributed by atoms with Crippen molar-refractivity contribution in [3.63, 3.8) is 0 Å². The van der Waals surface area contributed by atoms with Gasteiger partial charge in [-0.25, -0.2) is 0 Å². The number of rotatable bonds is 1. The molecule has 2 aromatic rings. The number of halogens is 1. The highest BCUT2D eigenvalue weighted by Crippen LogP contribution is 2.40. The Bertz CT molecular complexity index is 576. The van der Waals surface area contributed by atoms with Gasteiger partial charge in [-0.15, -0.1) is 11.3 Å². The molecule has 0 amide bonds. The van der Waals surface area contributed by atoms with Crippen LogP contribution in [0.3, 0.4) is 0 Å². The topological polar surface area (TPSA) is 3.24 Å². The molecule has 0 radical (unpaired) electrons. The van der Waals surface area contributed by atoms with Gasteiger partial charge in [-0.2, -0.15) is 0 Å². The Morgan fingerprint density at radius 1 is 1.28 bits per heavy atom. The van der Waals surface area contributed by atoms with Crippen LogP contribution in [0.1, 0.15) is 27.5 Å². The SMILES string of the molecule is Cc1ccccc1[C@@H]1CN(C)Cc2sc(Cl)cc21. The minimum absolute atomic E-state index is 0.462. The molecule has 2 heterocycles. The van der Waals surface area contributed by atoms with E-state index in [1.807, 2.05) is 0 Å². The van der Waals surface area contributed by atoms with Crippen LogP contribution in [0.25, 0.3) is 0 Å². The van der Waals surface area contributed by atoms with Crippen molar-refractivity contribution >= 4 is 22.9 Å². The van der Waals surface area contributed by atoms with Gasteiger partial charge in [-0.1, -0.05) is 35.9 Å². The molecule has 3 rings (SSSR count). The lowest BCUT2D eigenvalue weighted by molar-refractivity contribution is 0.299. The Balaban J connectivity index is 2.10. The average Bonchev–Trinajstić information content (AvgIpc) is 2.69. The largest absolute Gasteiger partial charge is 0.300 e. The molecule has 1 aliphatic heterocycles. The molecule has 0 fully saturated rings. The van der Waals surface area contributed by atoms with Crippen molar-refractivity contribution in [1.29, 1.82) is 0 Å². The van der Waals surface area contributed by atoms with Gasteiger partial charge in [0.25, 0.3) is 0 Å². The maximum absolute atomic E-state index is 6.19. The van der Waals surface area contributed by atoms with E-state index < -0.39 is 0 Å². The highest BCUT2D eigenvalue weighted by molar-refractivity contribution is 7.16. The smallest absolute Gasteiger partial charge is 0.0934 e. The van der Waals surface area contributed by atoms with Gasteiger partial charge in [0, 0.05) is 23.9 Å². The molecule has 3 heteroatoms. The Morgan fingerprint density at radius 3 is 2.83 bits per heavy atom. The summed E-state index contributed by atoms with van der Waals surface area (Å²) >= 11 is 7.91. The predicted molar refractivity (Wildman–Crippen MR) is 78.7 cm³/mol. The Labute approximate surface area is 117 Å². The zero-order valence-electron chi connectivity index (χ0n) is 10.6. The fourth-order valence-corrected chi connectivity index (χ4v) is 4.21. The summed E-state index contributed by atoms with van der Waals surface area (Å²) in [7, 11) is 2.18. The minimum atomic E-state index is 0.462. The lowest BCUT2D eigenvalue weighted by Crippen LogP contribution is -2.30. The molecule has 0 N–H and O–H groups in total. The second-order valence-electron chi connectivity index (χ2n) is 5.03. The number of fused-ring (bicyclic) bond motifs is 1. The summed E-state index contributed by atoms with van der Waals surface area (Å²) in [5.74, 6) is 0.462. The molecule has 0 bridgehead atoms. The van der Waals surface area contributed by atoms with E-state index in [9.17, 15) is 0 Å². The first-order valence-corrected chi connectivity index (χ1v) is 7.37. The van der Waals surface area contributed by atoms with E-state index in [4.69, 9.17) is 11.6 Å². The molecule has 0 spiro atoms. The van der Waals surface area contributed by atoms with Crippen LogP contribution in [-0.4, -0.2) is 18.5 Å². The highest BCUT2D eigenvalue weighted by atomic mass is 35.5. The summed E-state index contributed by atoms with van der Waals surface area (Å²) in [5, 5.41) is 0. The molecule has 0 saturated heterocycles. The van der Waals surface area contributed by atoms with Crippen LogP contribution < -0.4 is 0 Å². The quantitative estimate of drug-likeness (QED) is 0.752. The summed E-state index contributed by atoms with van der Waals surface area (Å²) < 4.78 is 0.911. The van der Waals surface area contributed by atoms with Crippen molar-refractivity contribution < 1.29 is 0 Å². The van der Waals surface area contributed by atoms with Gasteiger partial charge < -0.3 is 4.90 Å². The number of likely N-dealkylation sites (N-methyl/N-ethyl adjacent to an activating group) is 1. The molecule has 1 nitrogen and oxygen atoms in total. The highest BCUT2D eigenvalue weighted by Gasteiger charge is 2.27. The van der Waals surface area contributed by atoms with Crippen LogP contribution in [-0.2, 0) is 6.54 Å². The molecule has 1 aliphatic rings. The van der Waals surface area contributed by atoms with Crippen LogP contribution in [0, 0.1) is 6.92 Å². The summed E-state index contributed by atoms with van der Waals surface area (Å²) in [6.45, 7) is 4.29. The molecule has 1 aromatic heterocycles. The molecule has 0 aliphatic carbocycles. The van der Waals surface area contributed by atoms with Crippen molar-refractivity contribution in [3.05, 3.63) is 56.2 Å². The molecular weight excluding hydrogens is 262 g/mol. The number of aryl methyl sites for hydroxylation is 1. The molecular formula is C15H16ClNS. The molecule has 0 unspecified atom stereocenters. The van der Waals surface area contributed by atoms with E-state index in [0.29, 0.717) is 5.92 Å². The Hall–Kier alpha value is -0.830. The van der Waals surface area contributed by atoms with Gasteiger partial charge in [-0.05, 0) is 36.7 Å². The van der Waals surface area contributed by atoms with Gasteiger partial charge in [0.15, 0.2) is 0 Å². The zero-order valence-corrected chi connectivity index (χ0v) is 12.2. The third-order valence-electron chi connectivity index (χ3n) is 3.66. The third kappa shape index (κ3) is 2.09. The van der Waals surface area contributed by atoms with Crippen LogP contribution in [0.5, 0.6) is 0 Å². The number of benzene rings is 1. The monoisotopic (exact) mass is 277 g/mol. The van der Waals surface area contributed by atoms with Gasteiger partial charge in [0.1, 0.15) is 0 Å². The van der Waals surface area contributed by atoms with Crippen molar-refractivity contribution in [2.75, 3.05) is 13.6 Å². The number of nitrogens with zero attached hydrogens (tertiary/aromatic N) is 1. The molecule has 94 valence electrons. The van der Waals surface area contributed by atoms with Gasteiger partial charge >= 0.3 is 0 Å². The van der Waals surface area contributed by atoms with E-state index >= 15 is 0 Å². The molecule has 1 aromatic carbocycles. The maximum Gasteiger partial charge on any atom is 0.0934 e. The van der Waals surface area contributed by atoms with Crippen molar-refractivity contribution in [1.82, 2.24) is 4.90 Å². The Morgan fingerprint density at radius 2 is 2.06 bits per heavy atom. The van der Waals surface area contributed by atoms with Crippen molar-refractivity contribution in [2.45, 2.75) is 19.4 Å². The molecule has 1 atom stereocenters. The van der Waals surface area contributed by atoms with E-state index in [0.717, 1.165) is 17.4 Å². The van der Waals surface area contributed by atoms with E-state index in [-0.39, 0.29) is 0 Å². The second kappa shape index (κ2) is 4.69. The molecule has 18 heavy (non-hydrogen) atoms. The maximum atomic E-state index is 6.19. The normalized spacial score (nSPS) is 19.8. The lowest BCUT2D eigenvalue weighted by Gasteiger charge is -2.31. The number of thiophene rings is 1. The summed E-state index contributed by atoms with van der Waals surface area (Å²) in [6, 6.07) is 10.8. The van der Waals surface area contributed by atoms with Crippen LogP contribution >= 0.6 is 22.9 Å². The van der Waals surface area contributed by atoms with Gasteiger partial charge in [-0.3, -0.25) is 0 Å². The van der Waals surface area contributed by atoms with Crippen LogP contribution in [0.15, 0.2) is 30.3 Å². The van der Waals surface area contributed by atoms with Crippen LogP contribution in [0.4, 0.5) is 0 Å². The first kappa shape index (κ1) is 12.2. The summed E-state index contributed by atoms with van der Waals surface area (Å²) in [4.78, 5) is 3.80. The predicted octanol–water partition coefficient (Wildman–Crippen LogP) is 4.29. The first-order chi connectivity index (χ1) is 8.65. The Kier molecular flexibility index (Phi) is 3.18. The average molecular weight is 278 g/mol. The standard InChI is InChI=1S/C15H16ClNS/c1-10-5-3-4-6-11(10)13-8-17(2)9-14-12(13)7-15(16)18-14/h3-7,13H,8-9H2,1-2H3/t13-/m0/s1. The third-order valence-corrected chi connectivity index (χ3v) is 4.92. The van der Waals surface area contributed by atoms with E-state index in [1.165, 1.54) is 21.6 Å². The van der Waals surface area contributed by atoms with Crippen molar-refractivity contribution in [3.8, 4) is 0 Å². The van der Waals surface area contributed by atoms with E-state index in [2.05, 4.69) is 49.2 Å². The lowest BCUT2D eigenvalue weighted by atomic mass is 9.86. The van der Waals surface area contributed by atoms with Crippen molar-refractivity contribution in [2.24, 2.45) is 0 Å². The number of hydrogen-bond acceptors (Lipinski definition) is 2. The van der Waals surface area contributed by atoms with Gasteiger partial charge in [0.05, 0.1) is 4.34 Å². The number of hydrogen-bond donors (Lipinski definition) is 0. The van der Waals surface area contributed by atoms with Crippen LogP contribution in [0.2, 0.25) is 4.34 Å². The minimum Gasteiger partial charge on any atom is -0.300 e. The summed E-state index contributed by atoms with van der Waals surface area (Å²) in [6.07, 6.45) is 0. The zero-order chi connectivity index (χ0) is 12.7. The molecule has 0 saturated carbocycles. The summed E-state index contributed by atoms with van der Waals surface area (Å²) in [5.41, 5.74) is 4.23. The fraction of sp³-hybridized carbons (Fsp3) is 0.333. The first-order valence-electron chi connectivity index (χ1n) is 6.17.